The lowest BCUT2D eigenvalue weighted by Gasteiger charge is -2.35. The van der Waals surface area contributed by atoms with Crippen molar-refractivity contribution in [3.05, 3.63) is 35.9 Å². The Bertz CT molecular complexity index is 518. The second-order valence-electron chi connectivity index (χ2n) is 6.01. The van der Waals surface area contributed by atoms with E-state index in [1.807, 2.05) is 40.1 Å². The lowest BCUT2D eigenvalue weighted by atomic mass is 9.94. The van der Waals surface area contributed by atoms with Crippen LogP contribution in [0.4, 0.5) is 0 Å². The summed E-state index contributed by atoms with van der Waals surface area (Å²) in [4.78, 5) is 28.7. The molecular formula is C17H23N3O2. The van der Waals surface area contributed by atoms with Gasteiger partial charge in [0.05, 0.1) is 0 Å². The van der Waals surface area contributed by atoms with E-state index in [1.165, 1.54) is 0 Å². The highest BCUT2D eigenvalue weighted by atomic mass is 16.2. The molecule has 2 fully saturated rings. The maximum Gasteiger partial charge on any atom is 0.253 e. The normalized spacial score (nSPS) is 20.0. The number of piperazine rings is 1. The molecule has 0 aliphatic carbocycles. The number of benzene rings is 1. The molecule has 1 aromatic carbocycles. The van der Waals surface area contributed by atoms with Gasteiger partial charge < -0.3 is 15.1 Å². The van der Waals surface area contributed by atoms with Gasteiger partial charge in [-0.05, 0) is 25.0 Å². The first-order valence-electron chi connectivity index (χ1n) is 8.09. The average Bonchev–Trinajstić information content (AvgIpc) is 2.62. The fraction of sp³-hybridized carbons (Fsp3) is 0.529. The van der Waals surface area contributed by atoms with Gasteiger partial charge in [-0.3, -0.25) is 9.59 Å². The highest BCUT2D eigenvalue weighted by Crippen LogP contribution is 2.21. The number of piperidine rings is 1. The van der Waals surface area contributed by atoms with Crippen molar-refractivity contribution in [1.82, 2.24) is 15.1 Å². The van der Waals surface area contributed by atoms with Crippen LogP contribution in [0.2, 0.25) is 0 Å². The monoisotopic (exact) mass is 301 g/mol. The molecule has 2 amide bonds. The number of hydrogen-bond donors (Lipinski definition) is 1. The summed E-state index contributed by atoms with van der Waals surface area (Å²) in [6.07, 6.45) is 1.56. The Morgan fingerprint density at radius 1 is 0.909 bits per heavy atom. The quantitative estimate of drug-likeness (QED) is 0.885. The standard InChI is InChI=1S/C17H23N3O2/c21-16(14-4-2-1-3-5-14)19-10-6-15(7-11-19)17(22)20-12-8-18-9-13-20/h1-5,15,18H,6-13H2. The molecule has 5 nitrogen and oxygen atoms in total. The highest BCUT2D eigenvalue weighted by Gasteiger charge is 2.30. The van der Waals surface area contributed by atoms with Gasteiger partial charge in [0.15, 0.2) is 0 Å². The molecule has 118 valence electrons. The van der Waals surface area contributed by atoms with E-state index in [0.717, 1.165) is 44.6 Å². The lowest BCUT2D eigenvalue weighted by Crippen LogP contribution is -2.50. The molecule has 1 aromatic rings. The molecule has 2 aliphatic rings. The van der Waals surface area contributed by atoms with Crippen molar-refractivity contribution in [2.24, 2.45) is 5.92 Å². The SMILES string of the molecule is O=C(c1ccccc1)N1CCC(C(=O)N2CCNCC2)CC1. The zero-order valence-electron chi connectivity index (χ0n) is 12.8. The largest absolute Gasteiger partial charge is 0.340 e. The molecule has 0 aromatic heterocycles. The summed E-state index contributed by atoms with van der Waals surface area (Å²) in [6.45, 7) is 4.74. The van der Waals surface area contributed by atoms with Crippen LogP contribution in [0.1, 0.15) is 23.2 Å². The van der Waals surface area contributed by atoms with Crippen LogP contribution in [0.3, 0.4) is 0 Å². The molecular weight excluding hydrogens is 278 g/mol. The molecule has 5 heteroatoms. The fourth-order valence-electron chi connectivity index (χ4n) is 3.24. The molecule has 0 saturated carbocycles. The first-order chi connectivity index (χ1) is 10.8. The molecule has 2 heterocycles. The zero-order valence-corrected chi connectivity index (χ0v) is 12.8. The van der Waals surface area contributed by atoms with Crippen molar-refractivity contribution >= 4 is 11.8 Å². The van der Waals surface area contributed by atoms with Gasteiger partial charge in [0.1, 0.15) is 0 Å². The van der Waals surface area contributed by atoms with E-state index in [0.29, 0.717) is 13.1 Å². The van der Waals surface area contributed by atoms with Gasteiger partial charge in [-0.1, -0.05) is 18.2 Å². The van der Waals surface area contributed by atoms with Gasteiger partial charge in [-0.25, -0.2) is 0 Å². The summed E-state index contributed by atoms with van der Waals surface area (Å²) >= 11 is 0. The van der Waals surface area contributed by atoms with E-state index < -0.39 is 0 Å². The van der Waals surface area contributed by atoms with Crippen LogP contribution in [-0.4, -0.2) is 60.9 Å². The topological polar surface area (TPSA) is 52.7 Å². The van der Waals surface area contributed by atoms with Crippen molar-refractivity contribution in [3.8, 4) is 0 Å². The van der Waals surface area contributed by atoms with Crippen molar-refractivity contribution < 1.29 is 9.59 Å². The number of carbonyl (C=O) groups is 2. The number of carbonyl (C=O) groups excluding carboxylic acids is 2. The maximum absolute atomic E-state index is 12.5. The van der Waals surface area contributed by atoms with E-state index in [4.69, 9.17) is 0 Å². The Labute approximate surface area is 131 Å². The van der Waals surface area contributed by atoms with Crippen LogP contribution >= 0.6 is 0 Å². The Balaban J connectivity index is 1.54. The lowest BCUT2D eigenvalue weighted by molar-refractivity contribution is -0.137. The van der Waals surface area contributed by atoms with Crippen molar-refractivity contribution in [1.29, 1.82) is 0 Å². The third-order valence-electron chi connectivity index (χ3n) is 4.58. The van der Waals surface area contributed by atoms with Crippen LogP contribution in [0.25, 0.3) is 0 Å². The molecule has 22 heavy (non-hydrogen) atoms. The molecule has 2 saturated heterocycles. The first kappa shape index (κ1) is 15.0. The second-order valence-corrected chi connectivity index (χ2v) is 6.01. The van der Waals surface area contributed by atoms with E-state index in [2.05, 4.69) is 5.32 Å². The fourth-order valence-corrected chi connectivity index (χ4v) is 3.24. The number of likely N-dealkylation sites (tertiary alicyclic amines) is 1. The molecule has 0 radical (unpaired) electrons. The zero-order chi connectivity index (χ0) is 15.4. The third-order valence-corrected chi connectivity index (χ3v) is 4.58. The number of nitrogens with one attached hydrogen (secondary N) is 1. The van der Waals surface area contributed by atoms with E-state index in [-0.39, 0.29) is 17.7 Å². The first-order valence-corrected chi connectivity index (χ1v) is 8.09. The van der Waals surface area contributed by atoms with Crippen molar-refractivity contribution in [2.45, 2.75) is 12.8 Å². The predicted molar refractivity (Wildman–Crippen MR) is 84.5 cm³/mol. The van der Waals surface area contributed by atoms with Crippen LogP contribution in [0.5, 0.6) is 0 Å². The van der Waals surface area contributed by atoms with E-state index >= 15 is 0 Å². The average molecular weight is 301 g/mol. The van der Waals surface area contributed by atoms with Crippen LogP contribution in [0.15, 0.2) is 30.3 Å². The molecule has 0 unspecified atom stereocenters. The Morgan fingerprint density at radius 2 is 1.55 bits per heavy atom. The Kier molecular flexibility index (Phi) is 4.73. The second kappa shape index (κ2) is 6.92. The van der Waals surface area contributed by atoms with Crippen LogP contribution < -0.4 is 5.32 Å². The summed E-state index contributed by atoms with van der Waals surface area (Å²) in [5.41, 5.74) is 0.731. The van der Waals surface area contributed by atoms with Crippen LogP contribution in [0, 0.1) is 5.92 Å². The number of amides is 2. The minimum atomic E-state index is 0.0775. The molecule has 2 aliphatic heterocycles. The van der Waals surface area contributed by atoms with Gasteiger partial charge in [0.25, 0.3) is 5.91 Å². The smallest absolute Gasteiger partial charge is 0.253 e. The minimum Gasteiger partial charge on any atom is -0.340 e. The summed E-state index contributed by atoms with van der Waals surface area (Å²) in [5, 5.41) is 3.27. The summed E-state index contributed by atoms with van der Waals surface area (Å²) in [7, 11) is 0. The van der Waals surface area contributed by atoms with Gasteiger partial charge in [-0.15, -0.1) is 0 Å². The van der Waals surface area contributed by atoms with Gasteiger partial charge in [0, 0.05) is 50.7 Å². The number of hydrogen-bond acceptors (Lipinski definition) is 3. The Hall–Kier alpha value is -1.88. The van der Waals surface area contributed by atoms with Gasteiger partial charge in [-0.2, -0.15) is 0 Å². The molecule has 0 bridgehead atoms. The minimum absolute atomic E-state index is 0.0775. The predicted octanol–water partition coefficient (Wildman–Crippen LogP) is 0.971. The van der Waals surface area contributed by atoms with E-state index in [9.17, 15) is 9.59 Å². The summed E-state index contributed by atoms with van der Waals surface area (Å²) in [5.74, 6) is 0.430. The Morgan fingerprint density at radius 3 is 2.18 bits per heavy atom. The maximum atomic E-state index is 12.5. The molecule has 3 rings (SSSR count). The number of nitrogens with zero attached hydrogens (tertiary/aromatic N) is 2. The van der Waals surface area contributed by atoms with Crippen molar-refractivity contribution in [3.63, 3.8) is 0 Å². The molecule has 1 N–H and O–H groups in total. The van der Waals surface area contributed by atoms with Gasteiger partial charge >= 0.3 is 0 Å². The number of rotatable bonds is 2. The molecule has 0 atom stereocenters. The highest BCUT2D eigenvalue weighted by molar-refractivity contribution is 5.94. The third kappa shape index (κ3) is 3.30. The molecule has 0 spiro atoms. The van der Waals surface area contributed by atoms with Gasteiger partial charge in [0.2, 0.25) is 5.91 Å². The summed E-state index contributed by atoms with van der Waals surface area (Å²) in [6, 6.07) is 9.37. The van der Waals surface area contributed by atoms with E-state index in [1.54, 1.807) is 0 Å². The summed E-state index contributed by atoms with van der Waals surface area (Å²) < 4.78 is 0. The van der Waals surface area contributed by atoms with Crippen molar-refractivity contribution in [2.75, 3.05) is 39.3 Å². The van der Waals surface area contributed by atoms with Crippen LogP contribution in [-0.2, 0) is 4.79 Å².